The van der Waals surface area contributed by atoms with Gasteiger partial charge >= 0.3 is 18.2 Å². The highest BCUT2D eigenvalue weighted by atomic mass is 19.4. The zero-order valence-electron chi connectivity index (χ0n) is 15.7. The molecule has 1 atom stereocenters. The third-order valence-corrected chi connectivity index (χ3v) is 3.63. The number of carboxylic acids is 1. The van der Waals surface area contributed by atoms with Crippen molar-refractivity contribution in [3.63, 3.8) is 0 Å². The Morgan fingerprint density at radius 3 is 2.11 bits per heavy atom. The van der Waals surface area contributed by atoms with Crippen LogP contribution in [0.1, 0.15) is 51.7 Å². The summed E-state index contributed by atoms with van der Waals surface area (Å²) in [6, 6.07) is 1.17. The van der Waals surface area contributed by atoms with Gasteiger partial charge < -0.3 is 14.7 Å². The van der Waals surface area contributed by atoms with Crippen LogP contribution in [0.4, 0.5) is 22.4 Å². The maximum absolute atomic E-state index is 14.2. The molecular formula is C18H23F4NO4. The molecule has 0 saturated heterocycles. The molecule has 1 amide bonds. The number of rotatable bonds is 5. The van der Waals surface area contributed by atoms with Crippen molar-refractivity contribution < 1.29 is 37.0 Å². The number of carbonyl (C=O) groups excluding carboxylic acids is 1. The highest BCUT2D eigenvalue weighted by Gasteiger charge is 2.35. The van der Waals surface area contributed by atoms with Gasteiger partial charge in [-0.15, -0.1) is 0 Å². The summed E-state index contributed by atoms with van der Waals surface area (Å²) in [7, 11) is 0. The number of aliphatic carboxylic acids is 1. The van der Waals surface area contributed by atoms with Crippen LogP contribution in [0.2, 0.25) is 0 Å². The molecule has 0 aliphatic rings. The van der Waals surface area contributed by atoms with Crippen molar-refractivity contribution in [1.82, 2.24) is 4.90 Å². The lowest BCUT2D eigenvalue weighted by Gasteiger charge is -2.32. The quantitative estimate of drug-likeness (QED) is 0.739. The normalized spacial score (nSPS) is 13.4. The zero-order valence-corrected chi connectivity index (χ0v) is 15.7. The Balaban J connectivity index is 3.21. The van der Waals surface area contributed by atoms with E-state index in [2.05, 4.69) is 0 Å². The van der Waals surface area contributed by atoms with E-state index in [1.807, 2.05) is 0 Å². The fourth-order valence-corrected chi connectivity index (χ4v) is 2.31. The lowest BCUT2D eigenvalue weighted by molar-refractivity contribution is -0.139. The van der Waals surface area contributed by atoms with Crippen LogP contribution in [-0.2, 0) is 15.7 Å². The van der Waals surface area contributed by atoms with Gasteiger partial charge in [-0.2, -0.15) is 13.2 Å². The average Bonchev–Trinajstić information content (AvgIpc) is 2.45. The van der Waals surface area contributed by atoms with E-state index in [4.69, 9.17) is 4.74 Å². The van der Waals surface area contributed by atoms with Gasteiger partial charge in [-0.3, -0.25) is 4.79 Å². The molecular weight excluding hydrogens is 370 g/mol. The summed E-state index contributed by atoms with van der Waals surface area (Å²) in [5, 5.41) is 9.46. The minimum Gasteiger partial charge on any atom is -0.481 e. The average molecular weight is 393 g/mol. The number of carboxylic acid groups (broad SMARTS) is 1. The van der Waals surface area contributed by atoms with E-state index in [0.29, 0.717) is 6.07 Å². The summed E-state index contributed by atoms with van der Waals surface area (Å²) in [5.41, 5.74) is -2.49. The first kappa shape index (κ1) is 22.7. The van der Waals surface area contributed by atoms with Crippen LogP contribution in [-0.4, -0.2) is 40.3 Å². The Morgan fingerprint density at radius 1 is 1.19 bits per heavy atom. The minimum atomic E-state index is -4.75. The van der Waals surface area contributed by atoms with Crippen LogP contribution in [0.25, 0.3) is 0 Å². The molecule has 0 aromatic heterocycles. The fraction of sp³-hybridized carbons (Fsp3) is 0.556. The number of hydrogen-bond acceptors (Lipinski definition) is 3. The highest BCUT2D eigenvalue weighted by Crippen LogP contribution is 2.32. The number of benzene rings is 1. The van der Waals surface area contributed by atoms with Gasteiger partial charge in [0.1, 0.15) is 17.3 Å². The fourth-order valence-electron chi connectivity index (χ4n) is 2.31. The third-order valence-electron chi connectivity index (χ3n) is 3.63. The zero-order chi connectivity index (χ0) is 21.2. The Bertz CT molecular complexity index is 696. The van der Waals surface area contributed by atoms with Gasteiger partial charge in [-0.25, -0.2) is 9.18 Å². The van der Waals surface area contributed by atoms with Gasteiger partial charge in [0.15, 0.2) is 0 Å². The molecule has 0 bridgehead atoms. The number of alkyl halides is 3. The maximum atomic E-state index is 14.2. The number of ether oxygens (including phenoxy) is 1. The molecule has 5 nitrogen and oxygen atoms in total. The lowest BCUT2D eigenvalue weighted by Crippen LogP contribution is -2.44. The van der Waals surface area contributed by atoms with Crippen LogP contribution < -0.4 is 0 Å². The maximum Gasteiger partial charge on any atom is 0.416 e. The van der Waals surface area contributed by atoms with Gasteiger partial charge in [0.25, 0.3) is 0 Å². The van der Waals surface area contributed by atoms with Gasteiger partial charge in [-0.1, -0.05) is 6.07 Å². The van der Waals surface area contributed by atoms with Crippen molar-refractivity contribution in [3.8, 4) is 0 Å². The Kier molecular flexibility index (Phi) is 6.85. The van der Waals surface area contributed by atoms with Crippen LogP contribution >= 0.6 is 0 Å². The summed E-state index contributed by atoms with van der Waals surface area (Å²) in [5.74, 6) is -4.32. The van der Waals surface area contributed by atoms with Crippen LogP contribution in [0, 0.1) is 5.82 Å². The molecule has 9 heteroatoms. The van der Waals surface area contributed by atoms with E-state index >= 15 is 0 Å². The number of nitrogens with zero attached hydrogens (tertiary/aromatic N) is 1. The summed E-state index contributed by atoms with van der Waals surface area (Å²) in [6.45, 7) is 7.68. The van der Waals surface area contributed by atoms with Gasteiger partial charge in [-0.05, 0) is 46.8 Å². The first-order valence-electron chi connectivity index (χ1n) is 8.22. The summed E-state index contributed by atoms with van der Waals surface area (Å²) >= 11 is 0. The molecule has 1 aromatic rings. The summed E-state index contributed by atoms with van der Waals surface area (Å²) < 4.78 is 57.5. The van der Waals surface area contributed by atoms with E-state index in [-0.39, 0.29) is 6.07 Å². The molecule has 1 aromatic carbocycles. The molecule has 0 aliphatic carbocycles. The molecule has 0 aliphatic heterocycles. The molecule has 152 valence electrons. The van der Waals surface area contributed by atoms with E-state index in [1.165, 1.54) is 0 Å². The Morgan fingerprint density at radius 2 is 1.74 bits per heavy atom. The smallest absolute Gasteiger partial charge is 0.416 e. The van der Waals surface area contributed by atoms with Crippen LogP contribution in [0.5, 0.6) is 0 Å². The minimum absolute atomic E-state index is 0.248. The van der Waals surface area contributed by atoms with Crippen molar-refractivity contribution in [2.24, 2.45) is 0 Å². The Hall–Kier alpha value is -2.32. The van der Waals surface area contributed by atoms with E-state index in [0.717, 1.165) is 11.0 Å². The van der Waals surface area contributed by atoms with Gasteiger partial charge in [0, 0.05) is 18.2 Å². The Labute approximate surface area is 154 Å². The van der Waals surface area contributed by atoms with Gasteiger partial charge in [0.2, 0.25) is 0 Å². The molecule has 0 fully saturated rings. The molecule has 0 radical (unpaired) electrons. The van der Waals surface area contributed by atoms with Crippen molar-refractivity contribution in [2.45, 2.75) is 58.4 Å². The highest BCUT2D eigenvalue weighted by molar-refractivity contribution is 5.78. The molecule has 27 heavy (non-hydrogen) atoms. The van der Waals surface area contributed by atoms with E-state index < -0.39 is 59.3 Å². The van der Waals surface area contributed by atoms with Crippen molar-refractivity contribution in [2.75, 3.05) is 6.54 Å². The predicted molar refractivity (Wildman–Crippen MR) is 89.9 cm³/mol. The number of hydrogen-bond donors (Lipinski definition) is 1. The van der Waals surface area contributed by atoms with Crippen molar-refractivity contribution in [1.29, 1.82) is 0 Å². The van der Waals surface area contributed by atoms with Crippen LogP contribution in [0.15, 0.2) is 18.2 Å². The number of halogens is 4. The van der Waals surface area contributed by atoms with Crippen LogP contribution in [0.3, 0.4) is 0 Å². The van der Waals surface area contributed by atoms with Crippen molar-refractivity contribution in [3.05, 3.63) is 35.1 Å². The topological polar surface area (TPSA) is 66.8 Å². The predicted octanol–water partition coefficient (Wildman–Crippen LogP) is 4.66. The molecule has 0 saturated carbocycles. The SMILES string of the molecule is CC(C)N(CC(C(=O)O)c1ccc(C(F)(F)F)cc1F)C(=O)OC(C)(C)C. The largest absolute Gasteiger partial charge is 0.481 e. The lowest BCUT2D eigenvalue weighted by atomic mass is 9.96. The standard InChI is InChI=1S/C18H23F4NO4/c1-10(2)23(16(26)27-17(3,4)5)9-13(15(24)25)12-7-6-11(8-14(12)19)18(20,21)22/h6-8,10,13H,9H2,1-5H3,(H,24,25). The molecule has 1 unspecified atom stereocenters. The summed E-state index contributed by atoms with van der Waals surface area (Å²) in [4.78, 5) is 25.1. The first-order chi connectivity index (χ1) is 12.1. The second-order valence-corrected chi connectivity index (χ2v) is 7.35. The summed E-state index contributed by atoms with van der Waals surface area (Å²) in [6.07, 6.45) is -5.55. The number of carbonyl (C=O) groups is 2. The van der Waals surface area contributed by atoms with Gasteiger partial charge in [0.05, 0.1) is 5.56 Å². The van der Waals surface area contributed by atoms with Crippen molar-refractivity contribution >= 4 is 12.1 Å². The molecule has 1 rings (SSSR count). The monoisotopic (exact) mass is 393 g/mol. The first-order valence-corrected chi connectivity index (χ1v) is 8.22. The van der Waals surface area contributed by atoms with E-state index in [9.17, 15) is 32.3 Å². The third kappa shape index (κ3) is 6.41. The molecule has 1 N–H and O–H groups in total. The van der Waals surface area contributed by atoms with E-state index in [1.54, 1.807) is 34.6 Å². The number of amides is 1. The second-order valence-electron chi connectivity index (χ2n) is 7.35. The molecule has 0 heterocycles. The second kappa shape index (κ2) is 8.14. The molecule has 0 spiro atoms.